The van der Waals surface area contributed by atoms with E-state index in [9.17, 15) is 4.79 Å². The summed E-state index contributed by atoms with van der Waals surface area (Å²) in [5.41, 5.74) is 1.97. The molecule has 0 saturated carbocycles. The number of hydrogen-bond donors (Lipinski definition) is 1. The summed E-state index contributed by atoms with van der Waals surface area (Å²) in [4.78, 5) is 13.9. The molecule has 0 atom stereocenters. The molecule has 17 heavy (non-hydrogen) atoms. The van der Waals surface area contributed by atoms with Crippen LogP contribution >= 0.6 is 0 Å². The van der Waals surface area contributed by atoms with Crippen molar-refractivity contribution in [2.75, 3.05) is 33.7 Å². The van der Waals surface area contributed by atoms with Gasteiger partial charge in [0.15, 0.2) is 5.78 Å². The van der Waals surface area contributed by atoms with Crippen LogP contribution in [0.3, 0.4) is 0 Å². The summed E-state index contributed by atoms with van der Waals surface area (Å²) in [5, 5.41) is 3.18. The maximum absolute atomic E-state index is 11.8. The lowest BCUT2D eigenvalue weighted by Crippen LogP contribution is -2.26. The third-order valence-corrected chi connectivity index (χ3v) is 2.62. The van der Waals surface area contributed by atoms with E-state index in [1.54, 1.807) is 0 Å². The van der Waals surface area contributed by atoms with Crippen LogP contribution in [-0.2, 0) is 0 Å². The standard InChI is InChI=1S/C14H22N2O/c1-12-5-7-13(8-6-12)14(17)11-15-9-4-10-16(2)3/h5-8,15H,4,9-11H2,1-3H3. The van der Waals surface area contributed by atoms with Gasteiger partial charge in [0.25, 0.3) is 0 Å². The van der Waals surface area contributed by atoms with Crippen LogP contribution in [0.25, 0.3) is 0 Å². The van der Waals surface area contributed by atoms with Crippen LogP contribution in [0.1, 0.15) is 22.3 Å². The van der Waals surface area contributed by atoms with Crippen molar-refractivity contribution in [3.05, 3.63) is 35.4 Å². The van der Waals surface area contributed by atoms with Crippen molar-refractivity contribution in [3.8, 4) is 0 Å². The van der Waals surface area contributed by atoms with Gasteiger partial charge in [-0.25, -0.2) is 0 Å². The number of carbonyl (C=O) groups excluding carboxylic acids is 1. The molecule has 0 amide bonds. The van der Waals surface area contributed by atoms with Gasteiger partial charge in [-0.3, -0.25) is 4.79 Å². The molecule has 3 heteroatoms. The van der Waals surface area contributed by atoms with Gasteiger partial charge in [-0.15, -0.1) is 0 Å². The minimum absolute atomic E-state index is 0.162. The topological polar surface area (TPSA) is 32.3 Å². The molecule has 0 aliphatic rings. The zero-order valence-electron chi connectivity index (χ0n) is 11.0. The van der Waals surface area contributed by atoms with E-state index in [0.717, 1.165) is 25.1 Å². The minimum atomic E-state index is 0.162. The van der Waals surface area contributed by atoms with Crippen LogP contribution in [0.4, 0.5) is 0 Å². The van der Waals surface area contributed by atoms with Crippen molar-refractivity contribution < 1.29 is 4.79 Å². The van der Waals surface area contributed by atoms with Gasteiger partial charge >= 0.3 is 0 Å². The Balaban J connectivity index is 2.23. The van der Waals surface area contributed by atoms with Gasteiger partial charge in [-0.05, 0) is 40.5 Å². The molecule has 94 valence electrons. The van der Waals surface area contributed by atoms with Crippen molar-refractivity contribution in [1.29, 1.82) is 0 Å². The van der Waals surface area contributed by atoms with Gasteiger partial charge in [0.05, 0.1) is 6.54 Å². The van der Waals surface area contributed by atoms with E-state index in [0.29, 0.717) is 6.54 Å². The first-order valence-corrected chi connectivity index (χ1v) is 6.05. The Labute approximate surface area is 104 Å². The number of hydrogen-bond acceptors (Lipinski definition) is 3. The molecule has 0 aliphatic heterocycles. The first kappa shape index (κ1) is 13.9. The van der Waals surface area contributed by atoms with Crippen LogP contribution in [-0.4, -0.2) is 44.4 Å². The smallest absolute Gasteiger partial charge is 0.176 e. The molecule has 3 nitrogen and oxygen atoms in total. The maximum atomic E-state index is 11.8. The predicted molar refractivity (Wildman–Crippen MR) is 71.6 cm³/mol. The number of aryl methyl sites for hydroxylation is 1. The van der Waals surface area contributed by atoms with Gasteiger partial charge in [0.2, 0.25) is 0 Å². The Morgan fingerprint density at radius 1 is 1.24 bits per heavy atom. The lowest BCUT2D eigenvalue weighted by Gasteiger charge is -2.09. The third kappa shape index (κ3) is 5.61. The summed E-state index contributed by atoms with van der Waals surface area (Å²) in [6, 6.07) is 7.72. The number of nitrogens with zero attached hydrogens (tertiary/aromatic N) is 1. The van der Waals surface area contributed by atoms with E-state index >= 15 is 0 Å². The molecule has 1 N–H and O–H groups in total. The van der Waals surface area contributed by atoms with Crippen molar-refractivity contribution in [1.82, 2.24) is 10.2 Å². The molecule has 0 bridgehead atoms. The zero-order valence-corrected chi connectivity index (χ0v) is 11.0. The number of ketones is 1. The van der Waals surface area contributed by atoms with Crippen molar-refractivity contribution in [2.24, 2.45) is 0 Å². The molecule has 0 spiro atoms. The fourth-order valence-electron chi connectivity index (χ4n) is 1.56. The van der Waals surface area contributed by atoms with Crippen LogP contribution in [0.15, 0.2) is 24.3 Å². The SMILES string of the molecule is Cc1ccc(C(=O)CNCCCN(C)C)cc1. The summed E-state index contributed by atoms with van der Waals surface area (Å²) in [6.07, 6.45) is 1.06. The lowest BCUT2D eigenvalue weighted by molar-refractivity contribution is 0.0991. The Morgan fingerprint density at radius 3 is 2.47 bits per heavy atom. The highest BCUT2D eigenvalue weighted by atomic mass is 16.1. The Hall–Kier alpha value is -1.19. The van der Waals surface area contributed by atoms with Crippen LogP contribution < -0.4 is 5.32 Å². The second-order valence-electron chi connectivity index (χ2n) is 4.62. The average Bonchev–Trinajstić information content (AvgIpc) is 2.29. The molecule has 1 rings (SSSR count). The van der Waals surface area contributed by atoms with Gasteiger partial charge in [-0.1, -0.05) is 29.8 Å². The predicted octanol–water partition coefficient (Wildman–Crippen LogP) is 1.72. The lowest BCUT2D eigenvalue weighted by atomic mass is 10.1. The van der Waals surface area contributed by atoms with E-state index in [2.05, 4.69) is 24.3 Å². The molecular weight excluding hydrogens is 212 g/mol. The highest BCUT2D eigenvalue weighted by Crippen LogP contribution is 2.03. The maximum Gasteiger partial charge on any atom is 0.176 e. The second kappa shape index (κ2) is 7.20. The summed E-state index contributed by atoms with van der Waals surface area (Å²) in [5.74, 6) is 0.162. The number of nitrogens with one attached hydrogen (secondary N) is 1. The van der Waals surface area contributed by atoms with Crippen LogP contribution in [0.5, 0.6) is 0 Å². The van der Waals surface area contributed by atoms with Gasteiger partial charge in [-0.2, -0.15) is 0 Å². The molecule has 1 aromatic rings. The number of Topliss-reactive ketones (excluding diaryl/α,β-unsaturated/α-hetero) is 1. The summed E-state index contributed by atoms with van der Waals surface area (Å²) in [7, 11) is 4.11. The highest BCUT2D eigenvalue weighted by molar-refractivity contribution is 5.97. The van der Waals surface area contributed by atoms with Gasteiger partial charge in [0.1, 0.15) is 0 Å². The van der Waals surface area contributed by atoms with E-state index in [4.69, 9.17) is 0 Å². The molecule has 0 aromatic heterocycles. The quantitative estimate of drug-likeness (QED) is 0.576. The average molecular weight is 234 g/mol. The molecule has 0 saturated heterocycles. The van der Waals surface area contributed by atoms with Gasteiger partial charge in [0, 0.05) is 5.56 Å². The van der Waals surface area contributed by atoms with E-state index in [-0.39, 0.29) is 5.78 Å². The first-order valence-electron chi connectivity index (χ1n) is 6.05. The monoisotopic (exact) mass is 234 g/mol. The normalized spacial score (nSPS) is 10.8. The van der Waals surface area contributed by atoms with E-state index in [1.165, 1.54) is 5.56 Å². The summed E-state index contributed by atoms with van der Waals surface area (Å²) in [6.45, 7) is 4.38. The Bertz CT molecular complexity index is 344. The Morgan fingerprint density at radius 2 is 1.88 bits per heavy atom. The largest absolute Gasteiger partial charge is 0.310 e. The first-order chi connectivity index (χ1) is 8.09. The van der Waals surface area contributed by atoms with E-state index in [1.807, 2.05) is 31.2 Å². The molecule has 0 radical (unpaired) electrons. The molecule has 0 unspecified atom stereocenters. The fraction of sp³-hybridized carbons (Fsp3) is 0.500. The van der Waals surface area contributed by atoms with Crippen LogP contribution in [0.2, 0.25) is 0 Å². The molecular formula is C14H22N2O. The molecule has 0 fully saturated rings. The van der Waals surface area contributed by atoms with Crippen molar-refractivity contribution >= 4 is 5.78 Å². The minimum Gasteiger partial charge on any atom is -0.310 e. The second-order valence-corrected chi connectivity index (χ2v) is 4.62. The molecule has 1 aromatic carbocycles. The zero-order chi connectivity index (χ0) is 12.7. The molecule has 0 aliphatic carbocycles. The summed E-state index contributed by atoms with van der Waals surface area (Å²) < 4.78 is 0. The Kier molecular flexibility index (Phi) is 5.87. The fourth-order valence-corrected chi connectivity index (χ4v) is 1.56. The van der Waals surface area contributed by atoms with Gasteiger partial charge < -0.3 is 10.2 Å². The number of benzene rings is 1. The molecule has 0 heterocycles. The van der Waals surface area contributed by atoms with Crippen molar-refractivity contribution in [2.45, 2.75) is 13.3 Å². The summed E-state index contributed by atoms with van der Waals surface area (Å²) >= 11 is 0. The third-order valence-electron chi connectivity index (χ3n) is 2.62. The highest BCUT2D eigenvalue weighted by Gasteiger charge is 2.04. The number of rotatable bonds is 7. The number of carbonyl (C=O) groups is 1. The van der Waals surface area contributed by atoms with Crippen molar-refractivity contribution in [3.63, 3.8) is 0 Å². The van der Waals surface area contributed by atoms with Crippen LogP contribution in [0, 0.1) is 6.92 Å². The van der Waals surface area contributed by atoms with E-state index < -0.39 is 0 Å².